The lowest BCUT2D eigenvalue weighted by Gasteiger charge is -2.14. The number of nitrogens with zero attached hydrogens (tertiary/aromatic N) is 1. The number of hydrogen-bond acceptors (Lipinski definition) is 4. The van der Waals surface area contributed by atoms with Crippen molar-refractivity contribution in [3.8, 4) is 5.75 Å². The molecule has 144 valence electrons. The van der Waals surface area contributed by atoms with Crippen molar-refractivity contribution >= 4 is 39.8 Å². The van der Waals surface area contributed by atoms with Gasteiger partial charge >= 0.3 is 0 Å². The van der Waals surface area contributed by atoms with Gasteiger partial charge in [0, 0.05) is 16.6 Å². The van der Waals surface area contributed by atoms with Gasteiger partial charge in [-0.2, -0.15) is 0 Å². The van der Waals surface area contributed by atoms with Crippen LogP contribution in [0.4, 0.5) is 5.69 Å². The maximum atomic E-state index is 12.6. The molecule has 0 saturated heterocycles. The van der Waals surface area contributed by atoms with Gasteiger partial charge in [0.2, 0.25) is 0 Å². The number of rotatable bonds is 5. The van der Waals surface area contributed by atoms with E-state index in [9.17, 15) is 4.79 Å². The molecule has 0 aliphatic heterocycles. The number of nitrogens with one attached hydrogen (secondary N) is 2. The van der Waals surface area contributed by atoms with Crippen LogP contribution in [-0.4, -0.2) is 22.1 Å². The Labute approximate surface area is 170 Å². The molecule has 0 saturated carbocycles. The normalized spacial score (nSPS) is 11.7. The van der Waals surface area contributed by atoms with E-state index in [-0.39, 0.29) is 17.1 Å². The SMILES string of the molecule is CC[C@@H](C)Oc1cccc(C(=O)NC(=S)Nc2cccc3ccc(C)nc23)c1. The minimum absolute atomic E-state index is 0.0865. The Morgan fingerprint density at radius 3 is 2.75 bits per heavy atom. The average Bonchev–Trinajstić information content (AvgIpc) is 2.68. The number of anilines is 1. The first kappa shape index (κ1) is 19.8. The highest BCUT2D eigenvalue weighted by atomic mass is 32.1. The molecule has 2 N–H and O–H groups in total. The summed E-state index contributed by atoms with van der Waals surface area (Å²) in [7, 11) is 0. The van der Waals surface area contributed by atoms with E-state index in [1.54, 1.807) is 18.2 Å². The molecule has 2 aromatic carbocycles. The third-order valence-electron chi connectivity index (χ3n) is 4.34. The lowest BCUT2D eigenvalue weighted by atomic mass is 10.2. The fraction of sp³-hybridized carbons (Fsp3) is 0.227. The molecule has 1 aromatic heterocycles. The molecule has 1 amide bonds. The summed E-state index contributed by atoms with van der Waals surface area (Å²) in [6.45, 7) is 5.98. The summed E-state index contributed by atoms with van der Waals surface area (Å²) < 4.78 is 5.78. The van der Waals surface area contributed by atoms with Crippen molar-refractivity contribution in [2.75, 3.05) is 5.32 Å². The fourth-order valence-electron chi connectivity index (χ4n) is 2.70. The standard InChI is InChI=1S/C22H23N3O2S/c1-4-15(3)27-18-9-5-8-17(13-18)21(26)25-22(28)24-19-10-6-7-16-12-11-14(2)23-20(16)19/h5-13,15H,4H2,1-3H3,(H2,24,25,26,28)/t15-/m1/s1. The van der Waals surface area contributed by atoms with Crippen molar-refractivity contribution < 1.29 is 9.53 Å². The number of carbonyl (C=O) groups excluding carboxylic acids is 1. The molecule has 28 heavy (non-hydrogen) atoms. The Morgan fingerprint density at radius 1 is 1.18 bits per heavy atom. The molecule has 0 bridgehead atoms. The second-order valence-corrected chi connectivity index (χ2v) is 7.01. The molecular weight excluding hydrogens is 370 g/mol. The van der Waals surface area contributed by atoms with Gasteiger partial charge < -0.3 is 10.1 Å². The van der Waals surface area contributed by atoms with Crippen LogP contribution >= 0.6 is 12.2 Å². The second kappa shape index (κ2) is 8.80. The third-order valence-corrected chi connectivity index (χ3v) is 4.55. The van der Waals surface area contributed by atoms with Crippen LogP contribution in [0.1, 0.15) is 36.3 Å². The van der Waals surface area contributed by atoms with Gasteiger partial charge in [-0.1, -0.05) is 31.2 Å². The van der Waals surface area contributed by atoms with Crippen LogP contribution in [0.2, 0.25) is 0 Å². The maximum absolute atomic E-state index is 12.6. The Morgan fingerprint density at radius 2 is 1.96 bits per heavy atom. The van der Waals surface area contributed by atoms with Crippen molar-refractivity contribution in [1.82, 2.24) is 10.3 Å². The molecule has 1 heterocycles. The van der Waals surface area contributed by atoms with Crippen LogP contribution in [0.3, 0.4) is 0 Å². The maximum Gasteiger partial charge on any atom is 0.257 e. The number of aryl methyl sites for hydroxylation is 1. The predicted octanol–water partition coefficient (Wildman–Crippen LogP) is 4.85. The van der Waals surface area contributed by atoms with Crippen molar-refractivity contribution in [3.63, 3.8) is 0 Å². The number of para-hydroxylation sites is 1. The van der Waals surface area contributed by atoms with Gasteiger partial charge in [0.25, 0.3) is 5.91 Å². The van der Waals surface area contributed by atoms with Gasteiger partial charge in [0.05, 0.1) is 17.3 Å². The van der Waals surface area contributed by atoms with Crippen LogP contribution < -0.4 is 15.4 Å². The topological polar surface area (TPSA) is 63.2 Å². The third kappa shape index (κ3) is 4.84. The quantitative estimate of drug-likeness (QED) is 0.607. The minimum atomic E-state index is -0.295. The smallest absolute Gasteiger partial charge is 0.257 e. The first-order chi connectivity index (χ1) is 13.5. The summed E-state index contributed by atoms with van der Waals surface area (Å²) in [4.78, 5) is 17.1. The molecule has 3 aromatic rings. The highest BCUT2D eigenvalue weighted by Gasteiger charge is 2.11. The lowest BCUT2D eigenvalue weighted by molar-refractivity contribution is 0.0977. The van der Waals surface area contributed by atoms with Crippen molar-refractivity contribution in [1.29, 1.82) is 0 Å². The largest absolute Gasteiger partial charge is 0.491 e. The van der Waals surface area contributed by atoms with Gasteiger partial charge in [0.15, 0.2) is 5.11 Å². The van der Waals surface area contributed by atoms with Crippen molar-refractivity contribution in [2.24, 2.45) is 0 Å². The van der Waals surface area contributed by atoms with Gasteiger partial charge in [-0.3, -0.25) is 15.1 Å². The Hall–Kier alpha value is -2.99. The van der Waals surface area contributed by atoms with E-state index in [1.165, 1.54) is 0 Å². The van der Waals surface area contributed by atoms with Crippen LogP contribution in [0.15, 0.2) is 54.6 Å². The fourth-order valence-corrected chi connectivity index (χ4v) is 2.90. The van der Waals surface area contributed by atoms with Gasteiger partial charge in [0.1, 0.15) is 5.75 Å². The summed E-state index contributed by atoms with van der Waals surface area (Å²) >= 11 is 5.33. The molecule has 0 radical (unpaired) electrons. The molecule has 6 heteroatoms. The molecule has 0 fully saturated rings. The van der Waals surface area contributed by atoms with Crippen LogP contribution in [0, 0.1) is 6.92 Å². The van der Waals surface area contributed by atoms with E-state index in [1.807, 2.05) is 50.2 Å². The summed E-state index contributed by atoms with van der Waals surface area (Å²) in [6.07, 6.45) is 0.978. The number of ether oxygens (including phenoxy) is 1. The van der Waals surface area contributed by atoms with E-state index in [2.05, 4.69) is 22.5 Å². The van der Waals surface area contributed by atoms with Gasteiger partial charge in [-0.25, -0.2) is 0 Å². The predicted molar refractivity (Wildman–Crippen MR) is 117 cm³/mol. The second-order valence-electron chi connectivity index (χ2n) is 6.60. The van der Waals surface area contributed by atoms with Gasteiger partial charge in [-0.15, -0.1) is 0 Å². The number of amides is 1. The Balaban J connectivity index is 1.71. The van der Waals surface area contributed by atoms with Crippen molar-refractivity contribution in [3.05, 3.63) is 65.9 Å². The summed E-state index contributed by atoms with van der Waals surface area (Å²) in [6, 6.07) is 16.8. The van der Waals surface area contributed by atoms with E-state index < -0.39 is 0 Å². The molecule has 5 nitrogen and oxygen atoms in total. The monoisotopic (exact) mass is 393 g/mol. The lowest BCUT2D eigenvalue weighted by Crippen LogP contribution is -2.34. The summed E-state index contributed by atoms with van der Waals surface area (Å²) in [5.41, 5.74) is 2.95. The number of fused-ring (bicyclic) bond motifs is 1. The molecule has 0 spiro atoms. The van der Waals surface area contributed by atoms with Crippen LogP contribution in [0.25, 0.3) is 10.9 Å². The zero-order valence-corrected chi connectivity index (χ0v) is 17.0. The van der Waals surface area contributed by atoms with Gasteiger partial charge in [-0.05, 0) is 62.8 Å². The average molecular weight is 394 g/mol. The van der Waals surface area contributed by atoms with E-state index in [4.69, 9.17) is 17.0 Å². The molecule has 0 unspecified atom stereocenters. The molecular formula is C22H23N3O2S. The first-order valence-electron chi connectivity index (χ1n) is 9.21. The molecule has 3 rings (SSSR count). The zero-order chi connectivity index (χ0) is 20.1. The molecule has 0 aliphatic rings. The van der Waals surface area contributed by atoms with E-state index in [0.29, 0.717) is 11.3 Å². The number of aromatic nitrogens is 1. The first-order valence-corrected chi connectivity index (χ1v) is 9.62. The number of hydrogen-bond donors (Lipinski definition) is 2. The summed E-state index contributed by atoms with van der Waals surface area (Å²) in [5, 5.41) is 7.01. The van der Waals surface area contributed by atoms with Crippen molar-refractivity contribution in [2.45, 2.75) is 33.3 Å². The zero-order valence-electron chi connectivity index (χ0n) is 16.2. The number of benzene rings is 2. The minimum Gasteiger partial charge on any atom is -0.491 e. The number of pyridine rings is 1. The van der Waals surface area contributed by atoms with Crippen LogP contribution in [0.5, 0.6) is 5.75 Å². The number of thiocarbonyl (C=S) groups is 1. The van der Waals surface area contributed by atoms with E-state index >= 15 is 0 Å². The molecule has 0 aliphatic carbocycles. The molecule has 1 atom stereocenters. The Bertz CT molecular complexity index is 1020. The highest BCUT2D eigenvalue weighted by molar-refractivity contribution is 7.80. The number of carbonyl (C=O) groups is 1. The Kier molecular flexibility index (Phi) is 6.21. The van der Waals surface area contributed by atoms with E-state index in [0.717, 1.165) is 28.7 Å². The highest BCUT2D eigenvalue weighted by Crippen LogP contribution is 2.22. The van der Waals surface area contributed by atoms with Crippen LogP contribution in [-0.2, 0) is 0 Å². The summed E-state index contributed by atoms with van der Waals surface area (Å²) in [5.74, 6) is 0.367.